The van der Waals surface area contributed by atoms with Crippen LogP contribution < -0.4 is 0 Å². The minimum Gasteiger partial charge on any atom is -0.335 e. The molecule has 0 saturated carbocycles. The van der Waals surface area contributed by atoms with Gasteiger partial charge in [0, 0.05) is 13.1 Å². The van der Waals surface area contributed by atoms with E-state index in [0.29, 0.717) is 0 Å². The first-order valence-electron chi connectivity index (χ1n) is 6.88. The third-order valence-corrected chi connectivity index (χ3v) is 4.05. The van der Waals surface area contributed by atoms with Gasteiger partial charge in [-0.2, -0.15) is 0 Å². The molecule has 0 aliphatic heterocycles. The number of halogens is 2. The molecule has 0 radical (unpaired) electrons. The Morgan fingerprint density at radius 2 is 1.95 bits per heavy atom. The van der Waals surface area contributed by atoms with E-state index in [2.05, 4.69) is 0 Å². The first-order chi connectivity index (χ1) is 10.1. The largest absolute Gasteiger partial charge is 0.335 e. The molecule has 108 valence electrons. The maximum Gasteiger partial charge on any atom is 0.257 e. The minimum atomic E-state index is -0.821. The van der Waals surface area contributed by atoms with Gasteiger partial charge in [-0.15, -0.1) is 0 Å². The molecule has 1 aliphatic carbocycles. The Bertz CT molecular complexity index is 699. The van der Waals surface area contributed by atoms with Gasteiger partial charge in [0.2, 0.25) is 0 Å². The molecule has 0 N–H and O–H groups in total. The van der Waals surface area contributed by atoms with E-state index in [0.717, 1.165) is 30.5 Å². The maximum atomic E-state index is 13.8. The number of fused-ring (bicyclic) bond motifs is 1. The van der Waals surface area contributed by atoms with Crippen LogP contribution in [-0.4, -0.2) is 17.9 Å². The summed E-state index contributed by atoms with van der Waals surface area (Å²) < 4.78 is 26.7. The normalized spacial score (nSPS) is 16.6. The third-order valence-electron chi connectivity index (χ3n) is 4.05. The Hall–Kier alpha value is -2.23. The highest BCUT2D eigenvalue weighted by Gasteiger charge is 2.29. The lowest BCUT2D eigenvalue weighted by Crippen LogP contribution is -2.30. The highest BCUT2D eigenvalue weighted by atomic mass is 19.1. The van der Waals surface area contributed by atoms with Crippen molar-refractivity contribution in [1.82, 2.24) is 4.90 Å². The lowest BCUT2D eigenvalue weighted by atomic mass is 10.1. The van der Waals surface area contributed by atoms with Gasteiger partial charge in [0.05, 0.1) is 11.6 Å². The van der Waals surface area contributed by atoms with Crippen molar-refractivity contribution in [3.63, 3.8) is 0 Å². The number of amides is 1. The zero-order chi connectivity index (χ0) is 15.0. The van der Waals surface area contributed by atoms with Crippen LogP contribution in [0.5, 0.6) is 0 Å². The molecule has 0 bridgehead atoms. The predicted octanol–water partition coefficient (Wildman–Crippen LogP) is 3.72. The van der Waals surface area contributed by atoms with Crippen LogP contribution in [0.3, 0.4) is 0 Å². The molecule has 2 aromatic carbocycles. The highest BCUT2D eigenvalue weighted by Crippen LogP contribution is 2.35. The summed E-state index contributed by atoms with van der Waals surface area (Å²) in [6, 6.07) is 10.9. The summed E-state index contributed by atoms with van der Waals surface area (Å²) >= 11 is 0. The molecule has 0 heterocycles. The van der Waals surface area contributed by atoms with Gasteiger partial charge in [0.25, 0.3) is 5.91 Å². The van der Waals surface area contributed by atoms with Crippen molar-refractivity contribution in [3.05, 3.63) is 70.8 Å². The standard InChI is InChI=1S/C17H15F2NO/c1-20(16-9-6-11-4-2-3-5-13(11)16)17(21)14-8-7-12(18)10-15(14)19/h2-5,7-8,10,16H,6,9H2,1H3/t16-/m1/s1. The van der Waals surface area contributed by atoms with Crippen molar-refractivity contribution < 1.29 is 13.6 Å². The average molecular weight is 287 g/mol. The van der Waals surface area contributed by atoms with Crippen LogP contribution in [0, 0.1) is 11.6 Å². The van der Waals surface area contributed by atoms with Crippen molar-refractivity contribution in [2.45, 2.75) is 18.9 Å². The van der Waals surface area contributed by atoms with Gasteiger partial charge in [-0.25, -0.2) is 8.78 Å². The van der Waals surface area contributed by atoms with E-state index in [1.54, 1.807) is 11.9 Å². The van der Waals surface area contributed by atoms with Crippen LogP contribution in [-0.2, 0) is 6.42 Å². The lowest BCUT2D eigenvalue weighted by molar-refractivity contribution is 0.0725. The molecule has 1 atom stereocenters. The Kier molecular flexibility index (Phi) is 3.45. The first-order valence-corrected chi connectivity index (χ1v) is 6.88. The second kappa shape index (κ2) is 5.28. The molecule has 0 unspecified atom stereocenters. The summed E-state index contributed by atoms with van der Waals surface area (Å²) in [4.78, 5) is 14.0. The molecule has 1 aliphatic rings. The number of carbonyl (C=O) groups excluding carboxylic acids is 1. The van der Waals surface area contributed by atoms with Gasteiger partial charge < -0.3 is 4.90 Å². The zero-order valence-electron chi connectivity index (χ0n) is 11.6. The fourth-order valence-electron chi connectivity index (χ4n) is 2.93. The van der Waals surface area contributed by atoms with E-state index in [1.165, 1.54) is 11.6 Å². The van der Waals surface area contributed by atoms with E-state index in [1.807, 2.05) is 24.3 Å². The minimum absolute atomic E-state index is 0.0573. The third kappa shape index (κ3) is 2.42. The second-order valence-corrected chi connectivity index (χ2v) is 5.29. The fraction of sp³-hybridized carbons (Fsp3) is 0.235. The molecular weight excluding hydrogens is 272 g/mol. The summed E-state index contributed by atoms with van der Waals surface area (Å²) in [6.45, 7) is 0. The summed E-state index contributed by atoms with van der Waals surface area (Å²) in [7, 11) is 1.66. The monoisotopic (exact) mass is 287 g/mol. The number of rotatable bonds is 2. The van der Waals surface area contributed by atoms with E-state index >= 15 is 0 Å². The summed E-state index contributed by atoms with van der Waals surface area (Å²) in [5.74, 6) is -1.93. The Balaban J connectivity index is 1.89. The van der Waals surface area contributed by atoms with Gasteiger partial charge in [-0.05, 0) is 36.1 Å². The summed E-state index contributed by atoms with van der Waals surface area (Å²) in [5.41, 5.74) is 2.24. The van der Waals surface area contributed by atoms with Crippen molar-refractivity contribution >= 4 is 5.91 Å². The smallest absolute Gasteiger partial charge is 0.257 e. The molecule has 4 heteroatoms. The van der Waals surface area contributed by atoms with Crippen molar-refractivity contribution in [2.75, 3.05) is 7.05 Å². The molecule has 0 spiro atoms. The maximum absolute atomic E-state index is 13.8. The van der Waals surface area contributed by atoms with E-state index < -0.39 is 17.5 Å². The number of hydrogen-bond donors (Lipinski definition) is 0. The van der Waals surface area contributed by atoms with Crippen LogP contribution in [0.1, 0.15) is 33.9 Å². The van der Waals surface area contributed by atoms with Crippen molar-refractivity contribution in [2.24, 2.45) is 0 Å². The topological polar surface area (TPSA) is 20.3 Å². The number of aryl methyl sites for hydroxylation is 1. The van der Waals surface area contributed by atoms with Crippen molar-refractivity contribution in [1.29, 1.82) is 0 Å². The number of benzene rings is 2. The van der Waals surface area contributed by atoms with E-state index in [-0.39, 0.29) is 11.6 Å². The van der Waals surface area contributed by atoms with E-state index in [4.69, 9.17) is 0 Å². The quantitative estimate of drug-likeness (QED) is 0.824. The summed E-state index contributed by atoms with van der Waals surface area (Å²) in [6.07, 6.45) is 1.73. The predicted molar refractivity (Wildman–Crippen MR) is 76.0 cm³/mol. The van der Waals surface area contributed by atoms with Gasteiger partial charge in [0.1, 0.15) is 11.6 Å². The Morgan fingerprint density at radius 3 is 2.71 bits per heavy atom. The molecule has 3 rings (SSSR count). The SMILES string of the molecule is CN(C(=O)c1ccc(F)cc1F)[C@@H]1CCc2ccccc21. The molecule has 0 aromatic heterocycles. The molecule has 2 nitrogen and oxygen atoms in total. The van der Waals surface area contributed by atoms with Gasteiger partial charge >= 0.3 is 0 Å². The summed E-state index contributed by atoms with van der Waals surface area (Å²) in [5, 5.41) is 0. The fourth-order valence-corrected chi connectivity index (χ4v) is 2.93. The van der Waals surface area contributed by atoms with Crippen LogP contribution in [0.25, 0.3) is 0 Å². The first kappa shape index (κ1) is 13.7. The van der Waals surface area contributed by atoms with Crippen molar-refractivity contribution in [3.8, 4) is 0 Å². The van der Waals surface area contributed by atoms with Crippen LogP contribution in [0.4, 0.5) is 8.78 Å². The number of carbonyl (C=O) groups is 1. The molecule has 1 amide bonds. The highest BCUT2D eigenvalue weighted by molar-refractivity contribution is 5.94. The lowest BCUT2D eigenvalue weighted by Gasteiger charge is -2.25. The molecule has 0 saturated heterocycles. The number of hydrogen-bond acceptors (Lipinski definition) is 1. The number of nitrogens with zero attached hydrogens (tertiary/aromatic N) is 1. The van der Waals surface area contributed by atoms with Gasteiger partial charge in [-0.1, -0.05) is 24.3 Å². The van der Waals surface area contributed by atoms with Gasteiger partial charge in [-0.3, -0.25) is 4.79 Å². The molecular formula is C17H15F2NO. The van der Waals surface area contributed by atoms with Crippen LogP contribution in [0.15, 0.2) is 42.5 Å². The molecule has 2 aromatic rings. The second-order valence-electron chi connectivity index (χ2n) is 5.29. The Morgan fingerprint density at radius 1 is 1.19 bits per heavy atom. The van der Waals surface area contributed by atoms with Gasteiger partial charge in [0.15, 0.2) is 0 Å². The van der Waals surface area contributed by atoms with Crippen LogP contribution >= 0.6 is 0 Å². The Labute approximate surface area is 122 Å². The van der Waals surface area contributed by atoms with Crippen LogP contribution in [0.2, 0.25) is 0 Å². The molecule has 0 fully saturated rings. The molecule has 21 heavy (non-hydrogen) atoms. The van der Waals surface area contributed by atoms with E-state index in [9.17, 15) is 13.6 Å². The average Bonchev–Trinajstić information content (AvgIpc) is 2.90. The zero-order valence-corrected chi connectivity index (χ0v) is 11.6.